The average Bonchev–Trinajstić information content (AvgIpc) is 4.03. The van der Waals surface area contributed by atoms with Crippen molar-refractivity contribution < 1.29 is 23.9 Å². The van der Waals surface area contributed by atoms with Crippen LogP contribution in [0.2, 0.25) is 0 Å². The zero-order valence-electron chi connectivity index (χ0n) is 33.6. The second kappa shape index (κ2) is 16.3. The molecule has 2 aliphatic heterocycles. The monoisotopic (exact) mass is 782 g/mol. The fourth-order valence-electron chi connectivity index (χ4n) is 8.52. The summed E-state index contributed by atoms with van der Waals surface area (Å²) in [7, 11) is 3.13. The summed E-state index contributed by atoms with van der Waals surface area (Å²) in [4.78, 5) is 60.1. The van der Waals surface area contributed by atoms with Crippen LogP contribution in [0, 0.1) is 5.92 Å². The van der Waals surface area contributed by atoms with E-state index in [1.54, 1.807) is 11.1 Å². The number of carbonyl (C=O) groups excluding carboxylic acids is 3. The van der Waals surface area contributed by atoms with Crippen LogP contribution in [0.3, 0.4) is 0 Å². The molecule has 0 spiro atoms. The Balaban J connectivity index is 1.03. The molecule has 6 aromatic rings. The Morgan fingerprint density at radius 3 is 2.57 bits per heavy atom. The number of likely N-dealkylation sites (N-methyl/N-ethyl adjacent to an activating group) is 1. The maximum atomic E-state index is 13.9. The summed E-state index contributed by atoms with van der Waals surface area (Å²) in [5, 5.41) is 7.91. The van der Waals surface area contributed by atoms with Crippen molar-refractivity contribution in [3.63, 3.8) is 0 Å². The molecule has 13 nitrogen and oxygen atoms in total. The molecule has 2 aromatic heterocycles. The molecular weight excluding hydrogens is 733 g/mol. The molecule has 1 fully saturated rings. The first-order valence-electron chi connectivity index (χ1n) is 20.1. The van der Waals surface area contributed by atoms with Crippen molar-refractivity contribution in [1.82, 2.24) is 40.4 Å². The van der Waals surface area contributed by atoms with Crippen LogP contribution in [-0.2, 0) is 27.5 Å². The Kier molecular flexibility index (Phi) is 10.9. The zero-order chi connectivity index (χ0) is 40.5. The highest BCUT2D eigenvalue weighted by molar-refractivity contribution is 6.09. The lowest BCUT2D eigenvalue weighted by molar-refractivity contribution is -0.135. The summed E-state index contributed by atoms with van der Waals surface area (Å²) in [6, 6.07) is 22.6. The van der Waals surface area contributed by atoms with Crippen molar-refractivity contribution >= 4 is 39.7 Å². The highest BCUT2D eigenvalue weighted by Crippen LogP contribution is 2.45. The number of likely N-dealkylation sites (tertiary alicyclic amines) is 1. The van der Waals surface area contributed by atoms with Gasteiger partial charge in [-0.1, -0.05) is 69.3 Å². The van der Waals surface area contributed by atoms with Gasteiger partial charge in [-0.15, -0.1) is 0 Å². The molecule has 13 heteroatoms. The van der Waals surface area contributed by atoms with Gasteiger partial charge in [-0.3, -0.25) is 9.59 Å². The minimum atomic E-state index is -0.904. The predicted octanol–water partition coefficient (Wildman–Crippen LogP) is 7.41. The molecule has 300 valence electrons. The van der Waals surface area contributed by atoms with Crippen LogP contribution in [0.4, 0.5) is 4.79 Å². The van der Waals surface area contributed by atoms with Gasteiger partial charge in [-0.25, -0.2) is 14.8 Å². The number of alkyl carbamates (subject to hydrolysis) is 1. The van der Waals surface area contributed by atoms with E-state index in [2.05, 4.69) is 81.9 Å². The molecule has 8 rings (SSSR count). The molecule has 58 heavy (non-hydrogen) atoms. The van der Waals surface area contributed by atoms with E-state index in [1.165, 1.54) is 7.11 Å². The third kappa shape index (κ3) is 7.26. The smallest absolute Gasteiger partial charge is 0.407 e. The van der Waals surface area contributed by atoms with Gasteiger partial charge in [0.05, 0.1) is 48.7 Å². The summed E-state index contributed by atoms with van der Waals surface area (Å²) >= 11 is 0. The van der Waals surface area contributed by atoms with E-state index in [1.807, 2.05) is 49.2 Å². The van der Waals surface area contributed by atoms with Crippen molar-refractivity contribution in [3.8, 4) is 28.1 Å². The predicted molar refractivity (Wildman–Crippen MR) is 223 cm³/mol. The van der Waals surface area contributed by atoms with Crippen LogP contribution in [0.5, 0.6) is 5.75 Å². The van der Waals surface area contributed by atoms with Gasteiger partial charge < -0.3 is 39.9 Å². The Hall–Kier alpha value is -6.21. The zero-order valence-corrected chi connectivity index (χ0v) is 33.6. The number of ether oxygens (including phenoxy) is 2. The van der Waals surface area contributed by atoms with Gasteiger partial charge in [0.1, 0.15) is 30.0 Å². The number of benzene rings is 4. The Morgan fingerprint density at radius 1 is 1.02 bits per heavy atom. The van der Waals surface area contributed by atoms with Crippen LogP contribution in [0.25, 0.3) is 44.2 Å². The maximum absolute atomic E-state index is 13.9. The highest BCUT2D eigenvalue weighted by atomic mass is 16.5. The summed E-state index contributed by atoms with van der Waals surface area (Å²) < 4.78 is 11.3. The van der Waals surface area contributed by atoms with E-state index in [-0.39, 0.29) is 36.4 Å². The van der Waals surface area contributed by atoms with E-state index in [4.69, 9.17) is 14.5 Å². The molecule has 4 aromatic carbocycles. The van der Waals surface area contributed by atoms with Crippen LogP contribution in [0.15, 0.2) is 79.0 Å². The molecule has 0 radical (unpaired) electrons. The van der Waals surface area contributed by atoms with Crippen LogP contribution >= 0.6 is 0 Å². The Labute approximate surface area is 337 Å². The second-order valence-corrected chi connectivity index (χ2v) is 15.5. The number of hydrogen-bond acceptors (Lipinski definition) is 8. The number of fused-ring (bicyclic) bond motifs is 7. The number of H-pyrrole nitrogens is 2. The summed E-state index contributed by atoms with van der Waals surface area (Å²) in [5.41, 5.74) is 7.42. The average molecular weight is 783 g/mol. The molecule has 3 unspecified atom stereocenters. The van der Waals surface area contributed by atoms with Gasteiger partial charge in [0.15, 0.2) is 0 Å². The molecule has 1 saturated heterocycles. The Bertz CT molecular complexity index is 2480. The molecule has 0 bridgehead atoms. The van der Waals surface area contributed by atoms with Gasteiger partial charge in [0.2, 0.25) is 11.8 Å². The molecule has 3 amide bonds. The van der Waals surface area contributed by atoms with Gasteiger partial charge >= 0.3 is 6.09 Å². The van der Waals surface area contributed by atoms with Crippen LogP contribution < -0.4 is 15.4 Å². The van der Waals surface area contributed by atoms with E-state index in [0.717, 1.165) is 87.1 Å². The molecule has 4 N–H and O–H groups in total. The van der Waals surface area contributed by atoms with Crippen molar-refractivity contribution in [1.29, 1.82) is 0 Å². The first-order chi connectivity index (χ1) is 28.2. The number of carbonyl (C=O) groups is 3. The van der Waals surface area contributed by atoms with E-state index in [0.29, 0.717) is 24.5 Å². The quantitative estimate of drug-likeness (QED) is 0.100. The number of imidazole rings is 2. The molecule has 0 saturated carbocycles. The summed E-state index contributed by atoms with van der Waals surface area (Å²) in [6.07, 6.45) is 3.65. The lowest BCUT2D eigenvalue weighted by Crippen LogP contribution is -2.47. The van der Waals surface area contributed by atoms with E-state index < -0.39 is 12.1 Å². The lowest BCUT2D eigenvalue weighted by atomic mass is 9.92. The van der Waals surface area contributed by atoms with Crippen LogP contribution in [-0.4, -0.2) is 80.9 Å². The normalized spacial score (nSPS) is 15.8. The second-order valence-electron chi connectivity index (χ2n) is 15.5. The number of amides is 3. The molecule has 2 aliphatic rings. The molecule has 3 atom stereocenters. The SMILES string of the molecule is CCCN(Cc1ncc(-c2ccc3c(c2)COc2c-3ccc3c2ccc2[nH]c(C4CCCN4C(=O)C(NC)C(C)C)nc23)[nH]1)C(=O)C(NC(=O)OC)c1ccccc1. The van der Waals surface area contributed by atoms with Gasteiger partial charge in [0, 0.05) is 29.4 Å². The number of methoxy groups -OCH3 is 1. The summed E-state index contributed by atoms with van der Waals surface area (Å²) in [5.74, 6) is 2.34. The fraction of sp³-hybridized carbons (Fsp3) is 0.356. The van der Waals surface area contributed by atoms with Crippen LogP contribution in [0.1, 0.15) is 74.9 Å². The summed E-state index contributed by atoms with van der Waals surface area (Å²) in [6.45, 7) is 7.98. The van der Waals surface area contributed by atoms with Gasteiger partial charge in [-0.2, -0.15) is 0 Å². The minimum absolute atomic E-state index is 0.0921. The number of rotatable bonds is 12. The number of nitrogens with zero attached hydrogens (tertiary/aromatic N) is 4. The molecular formula is C45H50N8O5. The first kappa shape index (κ1) is 38.7. The maximum Gasteiger partial charge on any atom is 0.407 e. The number of nitrogens with one attached hydrogen (secondary N) is 4. The van der Waals surface area contributed by atoms with Crippen molar-refractivity contribution in [2.75, 3.05) is 27.2 Å². The van der Waals surface area contributed by atoms with E-state index >= 15 is 0 Å². The van der Waals surface area contributed by atoms with Gasteiger partial charge in [0.25, 0.3) is 0 Å². The topological polar surface area (TPSA) is 158 Å². The number of aromatic amines is 2. The Morgan fingerprint density at radius 2 is 1.81 bits per heavy atom. The number of hydrogen-bond donors (Lipinski definition) is 4. The standard InChI is InChI=1S/C45H50N8O5/c1-6-20-52(43(54)39(51-45(56)57-5)27-11-8-7-9-12-27)24-37-47-23-35(48-37)28-14-15-30-29(22-28)25-58-41-32(30)17-16-31-33(41)18-19-34-40(31)50-42(49-34)36-13-10-21-53(36)44(55)38(46-4)26(2)3/h7-9,11-12,14-19,22-23,26,36,38-39,46H,6,10,13,20-21,24-25H2,1-5H3,(H,47,48)(H,49,50)(H,51,56). The fourth-order valence-corrected chi connectivity index (χ4v) is 8.52. The minimum Gasteiger partial charge on any atom is -0.488 e. The largest absolute Gasteiger partial charge is 0.488 e. The van der Waals surface area contributed by atoms with Crippen molar-refractivity contribution in [2.45, 2.75) is 71.3 Å². The number of aromatic nitrogens is 4. The third-order valence-electron chi connectivity index (χ3n) is 11.4. The van der Waals surface area contributed by atoms with E-state index in [9.17, 15) is 14.4 Å². The lowest BCUT2D eigenvalue weighted by Gasteiger charge is -2.29. The highest BCUT2D eigenvalue weighted by Gasteiger charge is 2.36. The van der Waals surface area contributed by atoms with Crippen molar-refractivity contribution in [2.24, 2.45) is 5.92 Å². The van der Waals surface area contributed by atoms with Gasteiger partial charge in [-0.05, 0) is 78.7 Å². The third-order valence-corrected chi connectivity index (χ3v) is 11.4. The molecule has 0 aliphatic carbocycles. The molecule has 4 heterocycles. The first-order valence-corrected chi connectivity index (χ1v) is 20.1. The van der Waals surface area contributed by atoms with Crippen molar-refractivity contribution in [3.05, 3.63) is 102 Å².